The molecule has 1 aromatic carbocycles. The second-order valence-electron chi connectivity index (χ2n) is 6.71. The number of hydrogen-bond donors (Lipinski definition) is 1. The average Bonchev–Trinajstić information content (AvgIpc) is 2.47. The molecule has 0 spiro atoms. The summed E-state index contributed by atoms with van der Waals surface area (Å²) in [6, 6.07) is 6.63. The largest absolute Gasteiger partial charge is 0.380 e. The fraction of sp³-hybridized carbons (Fsp3) is 0.625. The van der Waals surface area contributed by atoms with Gasteiger partial charge in [-0.3, -0.25) is 10.1 Å². The Morgan fingerprint density at radius 2 is 1.77 bits per heavy atom. The molecule has 0 saturated carbocycles. The molecule has 1 N–H and O–H groups in total. The number of nitrogens with one attached hydrogen (secondary N) is 1. The molecule has 0 amide bonds. The van der Waals surface area contributed by atoms with Crippen LogP contribution in [0, 0.1) is 10.1 Å². The Morgan fingerprint density at radius 1 is 1.18 bits per heavy atom. The van der Waals surface area contributed by atoms with Crippen LogP contribution in [0.1, 0.15) is 20.3 Å². The van der Waals surface area contributed by atoms with Gasteiger partial charge in [0.15, 0.2) is 0 Å². The summed E-state index contributed by atoms with van der Waals surface area (Å²) in [5.41, 5.74) is 1.01. The molecule has 0 radical (unpaired) electrons. The summed E-state index contributed by atoms with van der Waals surface area (Å²) in [5.74, 6) is 0. The molecule has 0 aliphatic carbocycles. The predicted molar refractivity (Wildman–Crippen MR) is 89.4 cm³/mol. The zero-order valence-electron chi connectivity index (χ0n) is 13.7. The lowest BCUT2D eigenvalue weighted by Crippen LogP contribution is -2.46. The summed E-state index contributed by atoms with van der Waals surface area (Å²) in [5, 5.41) is 14.1. The Kier molecular flexibility index (Phi) is 5.37. The molecule has 0 unspecified atom stereocenters. The molecule has 0 aromatic heterocycles. The van der Waals surface area contributed by atoms with Crippen molar-refractivity contribution >= 4 is 11.4 Å². The molecule has 1 saturated heterocycles. The van der Waals surface area contributed by atoms with Gasteiger partial charge in [0.25, 0.3) is 5.69 Å². The number of nitro groups is 1. The standard InChI is InChI=1S/C16H26N4O2/c1-16(2,8-9-19-12-10-18(3)11-13-19)17-14-4-6-15(7-5-14)20(21)22/h4-7,17H,8-13H2,1-3H3. The molecule has 1 aliphatic rings. The van der Waals surface area contributed by atoms with Crippen LogP contribution >= 0.6 is 0 Å². The molecule has 0 bridgehead atoms. The zero-order chi connectivity index (χ0) is 16.2. The highest BCUT2D eigenvalue weighted by Crippen LogP contribution is 2.21. The van der Waals surface area contributed by atoms with Crippen molar-refractivity contribution < 1.29 is 4.92 Å². The monoisotopic (exact) mass is 306 g/mol. The van der Waals surface area contributed by atoms with Crippen molar-refractivity contribution in [3.05, 3.63) is 34.4 Å². The molecular weight excluding hydrogens is 280 g/mol. The van der Waals surface area contributed by atoms with E-state index in [1.165, 1.54) is 0 Å². The van der Waals surface area contributed by atoms with Gasteiger partial charge < -0.3 is 15.1 Å². The minimum Gasteiger partial charge on any atom is -0.380 e. The highest BCUT2D eigenvalue weighted by atomic mass is 16.6. The fourth-order valence-corrected chi connectivity index (χ4v) is 2.63. The third-order valence-corrected chi connectivity index (χ3v) is 4.21. The van der Waals surface area contributed by atoms with Gasteiger partial charge >= 0.3 is 0 Å². The molecular formula is C16H26N4O2. The summed E-state index contributed by atoms with van der Waals surface area (Å²) in [6.07, 6.45) is 1.04. The van der Waals surface area contributed by atoms with Gasteiger partial charge in [-0.15, -0.1) is 0 Å². The Hall–Kier alpha value is -1.66. The van der Waals surface area contributed by atoms with Crippen LogP contribution in [0.2, 0.25) is 0 Å². The number of non-ortho nitro benzene ring substituents is 1. The third-order valence-electron chi connectivity index (χ3n) is 4.21. The number of benzene rings is 1. The second-order valence-corrected chi connectivity index (χ2v) is 6.71. The number of nitrogens with zero attached hydrogens (tertiary/aromatic N) is 3. The summed E-state index contributed by atoms with van der Waals surface area (Å²) in [7, 11) is 2.16. The fourth-order valence-electron chi connectivity index (χ4n) is 2.63. The van der Waals surface area contributed by atoms with E-state index in [1.807, 2.05) is 0 Å². The first-order chi connectivity index (χ1) is 10.4. The molecule has 1 fully saturated rings. The maximum atomic E-state index is 10.7. The zero-order valence-corrected chi connectivity index (χ0v) is 13.7. The van der Waals surface area contributed by atoms with E-state index in [0.717, 1.165) is 44.8 Å². The van der Waals surface area contributed by atoms with Crippen LogP contribution in [0.25, 0.3) is 0 Å². The van der Waals surface area contributed by atoms with E-state index < -0.39 is 0 Å². The highest BCUT2D eigenvalue weighted by molar-refractivity contribution is 5.49. The Labute approximate surface area is 132 Å². The molecule has 2 rings (SSSR count). The normalized spacial score (nSPS) is 17.4. The van der Waals surface area contributed by atoms with E-state index in [4.69, 9.17) is 0 Å². The Morgan fingerprint density at radius 3 is 2.32 bits per heavy atom. The number of hydrogen-bond acceptors (Lipinski definition) is 5. The smallest absolute Gasteiger partial charge is 0.269 e. The molecule has 1 aliphatic heterocycles. The average molecular weight is 306 g/mol. The van der Waals surface area contributed by atoms with Crippen LogP contribution in [0.15, 0.2) is 24.3 Å². The van der Waals surface area contributed by atoms with Crippen LogP contribution in [-0.2, 0) is 0 Å². The number of anilines is 1. The van der Waals surface area contributed by atoms with E-state index in [-0.39, 0.29) is 16.1 Å². The van der Waals surface area contributed by atoms with E-state index in [9.17, 15) is 10.1 Å². The van der Waals surface area contributed by atoms with Crippen molar-refractivity contribution in [2.24, 2.45) is 0 Å². The molecule has 22 heavy (non-hydrogen) atoms. The molecule has 6 heteroatoms. The van der Waals surface area contributed by atoms with Gasteiger partial charge in [0.2, 0.25) is 0 Å². The van der Waals surface area contributed by atoms with E-state index in [1.54, 1.807) is 24.3 Å². The van der Waals surface area contributed by atoms with E-state index in [0.29, 0.717) is 0 Å². The van der Waals surface area contributed by atoms with Crippen molar-refractivity contribution in [3.63, 3.8) is 0 Å². The maximum Gasteiger partial charge on any atom is 0.269 e. The first kappa shape index (κ1) is 16.7. The number of nitro benzene ring substituents is 1. The highest BCUT2D eigenvalue weighted by Gasteiger charge is 2.21. The van der Waals surface area contributed by atoms with Gasteiger partial charge in [-0.05, 0) is 39.4 Å². The van der Waals surface area contributed by atoms with Crippen LogP contribution in [0.4, 0.5) is 11.4 Å². The van der Waals surface area contributed by atoms with Crippen LogP contribution in [0.5, 0.6) is 0 Å². The number of piperazine rings is 1. The Balaban J connectivity index is 1.83. The molecule has 0 atom stereocenters. The van der Waals surface area contributed by atoms with Gasteiger partial charge in [-0.2, -0.15) is 0 Å². The maximum absolute atomic E-state index is 10.7. The quantitative estimate of drug-likeness (QED) is 0.646. The minimum absolute atomic E-state index is 0.0422. The molecule has 122 valence electrons. The number of rotatable bonds is 6. The van der Waals surface area contributed by atoms with Crippen molar-refractivity contribution in [2.75, 3.05) is 45.1 Å². The van der Waals surface area contributed by atoms with Gasteiger partial charge in [-0.1, -0.05) is 0 Å². The molecule has 6 nitrogen and oxygen atoms in total. The van der Waals surface area contributed by atoms with Crippen molar-refractivity contribution in [1.82, 2.24) is 9.80 Å². The van der Waals surface area contributed by atoms with Crippen molar-refractivity contribution in [1.29, 1.82) is 0 Å². The summed E-state index contributed by atoms with van der Waals surface area (Å²) in [6.45, 7) is 9.94. The minimum atomic E-state index is -0.373. The lowest BCUT2D eigenvalue weighted by molar-refractivity contribution is -0.384. The topological polar surface area (TPSA) is 61.6 Å². The number of likely N-dealkylation sites (N-methyl/N-ethyl adjacent to an activating group) is 1. The van der Waals surface area contributed by atoms with Gasteiger partial charge in [0.05, 0.1) is 4.92 Å². The summed E-state index contributed by atoms with van der Waals surface area (Å²) < 4.78 is 0. The SMILES string of the molecule is CN1CCN(CCC(C)(C)Nc2ccc([N+](=O)[O-])cc2)CC1. The molecule has 1 aromatic rings. The van der Waals surface area contributed by atoms with Crippen LogP contribution in [-0.4, -0.2) is 60.0 Å². The predicted octanol–water partition coefficient (Wildman–Crippen LogP) is 2.42. The van der Waals surface area contributed by atoms with Crippen LogP contribution in [0.3, 0.4) is 0 Å². The lowest BCUT2D eigenvalue weighted by Gasteiger charge is -2.35. The van der Waals surface area contributed by atoms with E-state index in [2.05, 4.69) is 36.0 Å². The molecule has 1 heterocycles. The van der Waals surface area contributed by atoms with Gasteiger partial charge in [0.1, 0.15) is 0 Å². The van der Waals surface area contributed by atoms with Gasteiger partial charge in [0, 0.05) is 56.1 Å². The third kappa shape index (κ3) is 4.96. The van der Waals surface area contributed by atoms with Crippen LogP contribution < -0.4 is 5.32 Å². The Bertz CT molecular complexity index is 493. The second kappa shape index (κ2) is 7.07. The van der Waals surface area contributed by atoms with E-state index >= 15 is 0 Å². The summed E-state index contributed by atoms with van der Waals surface area (Å²) in [4.78, 5) is 15.2. The lowest BCUT2D eigenvalue weighted by atomic mass is 9.99. The first-order valence-corrected chi connectivity index (χ1v) is 7.79. The van der Waals surface area contributed by atoms with Crippen molar-refractivity contribution in [2.45, 2.75) is 25.8 Å². The van der Waals surface area contributed by atoms with Crippen molar-refractivity contribution in [3.8, 4) is 0 Å². The summed E-state index contributed by atoms with van der Waals surface area (Å²) >= 11 is 0. The van der Waals surface area contributed by atoms with Gasteiger partial charge in [-0.25, -0.2) is 0 Å². The first-order valence-electron chi connectivity index (χ1n) is 7.79.